The summed E-state index contributed by atoms with van der Waals surface area (Å²) in [6.07, 6.45) is 6.67. The molecule has 2 nitrogen and oxygen atoms in total. The molecular weight excluding hydrogens is 196 g/mol. The third kappa shape index (κ3) is 4.06. The van der Waals surface area contributed by atoms with E-state index in [9.17, 15) is 0 Å². The Labute approximate surface area is 102 Å². The van der Waals surface area contributed by atoms with Crippen LogP contribution in [0.1, 0.15) is 52.9 Å². The molecule has 0 bridgehead atoms. The normalized spacial score (nSPS) is 27.2. The predicted molar refractivity (Wildman–Crippen MR) is 71.8 cm³/mol. The summed E-state index contributed by atoms with van der Waals surface area (Å²) in [7, 11) is 0. The van der Waals surface area contributed by atoms with Crippen LogP contribution in [-0.2, 0) is 0 Å². The minimum absolute atomic E-state index is 0.558. The molecule has 1 aliphatic heterocycles. The molecule has 0 aromatic carbocycles. The van der Waals surface area contributed by atoms with Crippen LogP contribution in [0.4, 0.5) is 0 Å². The molecule has 0 aromatic rings. The molecule has 1 heterocycles. The summed E-state index contributed by atoms with van der Waals surface area (Å²) < 4.78 is 0. The molecule has 0 amide bonds. The summed E-state index contributed by atoms with van der Waals surface area (Å²) >= 11 is 0. The van der Waals surface area contributed by atoms with E-state index < -0.39 is 0 Å². The average molecular weight is 226 g/mol. The number of hydrogen-bond acceptors (Lipinski definition) is 2. The summed E-state index contributed by atoms with van der Waals surface area (Å²) in [6, 6.07) is 0. The average Bonchev–Trinajstić information content (AvgIpc) is 2.30. The van der Waals surface area contributed by atoms with Gasteiger partial charge >= 0.3 is 0 Å². The van der Waals surface area contributed by atoms with Gasteiger partial charge in [-0.1, -0.05) is 20.8 Å². The Morgan fingerprint density at radius 3 is 2.62 bits per heavy atom. The van der Waals surface area contributed by atoms with Crippen LogP contribution < -0.4 is 5.32 Å². The van der Waals surface area contributed by atoms with E-state index in [-0.39, 0.29) is 0 Å². The fourth-order valence-electron chi connectivity index (χ4n) is 2.91. The van der Waals surface area contributed by atoms with Crippen molar-refractivity contribution >= 4 is 0 Å². The van der Waals surface area contributed by atoms with Gasteiger partial charge in [0.1, 0.15) is 0 Å². The zero-order chi connectivity index (χ0) is 11.9. The van der Waals surface area contributed by atoms with E-state index in [1.54, 1.807) is 0 Å². The zero-order valence-electron chi connectivity index (χ0n) is 11.5. The van der Waals surface area contributed by atoms with Gasteiger partial charge in [-0.2, -0.15) is 0 Å². The van der Waals surface area contributed by atoms with Crippen molar-refractivity contribution < 1.29 is 0 Å². The molecule has 0 unspecified atom stereocenters. The summed E-state index contributed by atoms with van der Waals surface area (Å²) in [6.45, 7) is 13.2. The molecule has 0 aliphatic carbocycles. The van der Waals surface area contributed by atoms with Crippen LogP contribution in [0.25, 0.3) is 0 Å². The quantitative estimate of drug-likeness (QED) is 0.672. The van der Waals surface area contributed by atoms with E-state index in [1.165, 1.54) is 64.8 Å². The van der Waals surface area contributed by atoms with E-state index in [2.05, 4.69) is 31.0 Å². The number of nitrogens with one attached hydrogen (secondary N) is 1. The van der Waals surface area contributed by atoms with Crippen molar-refractivity contribution in [1.29, 1.82) is 0 Å². The van der Waals surface area contributed by atoms with E-state index in [0.29, 0.717) is 5.41 Å². The van der Waals surface area contributed by atoms with Crippen LogP contribution in [0, 0.1) is 5.41 Å². The highest BCUT2D eigenvalue weighted by Crippen LogP contribution is 2.32. The van der Waals surface area contributed by atoms with Crippen molar-refractivity contribution in [3.63, 3.8) is 0 Å². The summed E-state index contributed by atoms with van der Waals surface area (Å²) in [5.41, 5.74) is 0.558. The number of hydrogen-bond donors (Lipinski definition) is 1. The lowest BCUT2D eigenvalue weighted by Crippen LogP contribution is -2.48. The molecule has 0 aromatic heterocycles. The lowest BCUT2D eigenvalue weighted by atomic mass is 9.77. The van der Waals surface area contributed by atoms with Gasteiger partial charge in [0, 0.05) is 13.1 Å². The Bertz CT molecular complexity index is 180. The fraction of sp³-hybridized carbons (Fsp3) is 1.00. The molecule has 0 saturated carbocycles. The lowest BCUT2D eigenvalue weighted by Gasteiger charge is -2.42. The van der Waals surface area contributed by atoms with Gasteiger partial charge < -0.3 is 10.2 Å². The first-order valence-electron chi connectivity index (χ1n) is 7.19. The van der Waals surface area contributed by atoms with Crippen molar-refractivity contribution in [2.45, 2.75) is 52.9 Å². The Hall–Kier alpha value is -0.0800. The third-order valence-electron chi connectivity index (χ3n) is 3.96. The Kier molecular flexibility index (Phi) is 6.37. The molecule has 1 fully saturated rings. The van der Waals surface area contributed by atoms with Crippen molar-refractivity contribution in [3.05, 3.63) is 0 Å². The molecule has 1 saturated heterocycles. The molecular formula is C14H30N2. The minimum atomic E-state index is 0.558. The molecule has 2 heteroatoms. The second-order valence-corrected chi connectivity index (χ2v) is 5.41. The Balaban J connectivity index is 2.43. The summed E-state index contributed by atoms with van der Waals surface area (Å²) in [5.74, 6) is 0. The predicted octanol–water partition coefficient (Wildman–Crippen LogP) is 2.89. The number of nitrogens with zero attached hydrogens (tertiary/aromatic N) is 1. The maximum Gasteiger partial charge on any atom is 0.00500 e. The number of rotatable bonds is 7. The van der Waals surface area contributed by atoms with Gasteiger partial charge in [0.15, 0.2) is 0 Å². The van der Waals surface area contributed by atoms with Crippen LogP contribution in [0.15, 0.2) is 0 Å². The van der Waals surface area contributed by atoms with Crippen LogP contribution in [0.2, 0.25) is 0 Å². The highest BCUT2D eigenvalue weighted by molar-refractivity contribution is 4.87. The minimum Gasteiger partial charge on any atom is -0.316 e. The van der Waals surface area contributed by atoms with Gasteiger partial charge in [-0.3, -0.25) is 0 Å². The standard InChI is InChI=1S/C14H30N2/c1-4-9-15-12-14(6-3)8-7-11-16(13-14)10-5-2/h15H,4-13H2,1-3H3/t14-/m1/s1. The highest BCUT2D eigenvalue weighted by Gasteiger charge is 2.32. The van der Waals surface area contributed by atoms with Gasteiger partial charge in [0.05, 0.1) is 0 Å². The maximum atomic E-state index is 3.63. The van der Waals surface area contributed by atoms with Gasteiger partial charge in [-0.15, -0.1) is 0 Å². The molecule has 16 heavy (non-hydrogen) atoms. The topological polar surface area (TPSA) is 15.3 Å². The smallest absolute Gasteiger partial charge is 0.00500 e. The van der Waals surface area contributed by atoms with Crippen molar-refractivity contribution in [2.75, 3.05) is 32.7 Å². The van der Waals surface area contributed by atoms with Crippen LogP contribution in [0.3, 0.4) is 0 Å². The summed E-state index contributed by atoms with van der Waals surface area (Å²) in [5, 5.41) is 3.63. The SMILES string of the molecule is CCCNC[C@@]1(CC)CCCN(CCC)C1. The largest absolute Gasteiger partial charge is 0.316 e. The first-order valence-corrected chi connectivity index (χ1v) is 7.19. The van der Waals surface area contributed by atoms with Crippen molar-refractivity contribution in [3.8, 4) is 0 Å². The zero-order valence-corrected chi connectivity index (χ0v) is 11.5. The number of piperidine rings is 1. The van der Waals surface area contributed by atoms with Crippen LogP contribution >= 0.6 is 0 Å². The monoisotopic (exact) mass is 226 g/mol. The fourth-order valence-corrected chi connectivity index (χ4v) is 2.91. The molecule has 0 spiro atoms. The van der Waals surface area contributed by atoms with Gasteiger partial charge in [0.25, 0.3) is 0 Å². The van der Waals surface area contributed by atoms with E-state index >= 15 is 0 Å². The van der Waals surface area contributed by atoms with Crippen LogP contribution in [0.5, 0.6) is 0 Å². The second-order valence-electron chi connectivity index (χ2n) is 5.41. The van der Waals surface area contributed by atoms with E-state index in [0.717, 1.165) is 0 Å². The van der Waals surface area contributed by atoms with E-state index in [1.807, 2.05) is 0 Å². The van der Waals surface area contributed by atoms with Gasteiger partial charge in [0.2, 0.25) is 0 Å². The molecule has 1 aliphatic rings. The molecule has 1 rings (SSSR count). The molecule has 96 valence electrons. The Morgan fingerprint density at radius 1 is 1.19 bits per heavy atom. The third-order valence-corrected chi connectivity index (χ3v) is 3.96. The molecule has 0 radical (unpaired) electrons. The number of likely N-dealkylation sites (tertiary alicyclic amines) is 1. The van der Waals surface area contributed by atoms with Gasteiger partial charge in [-0.25, -0.2) is 0 Å². The van der Waals surface area contributed by atoms with Crippen LogP contribution in [-0.4, -0.2) is 37.6 Å². The Morgan fingerprint density at radius 2 is 2.00 bits per heavy atom. The van der Waals surface area contributed by atoms with Crippen molar-refractivity contribution in [2.24, 2.45) is 5.41 Å². The van der Waals surface area contributed by atoms with Gasteiger partial charge in [-0.05, 0) is 57.2 Å². The van der Waals surface area contributed by atoms with E-state index in [4.69, 9.17) is 0 Å². The molecule has 1 N–H and O–H groups in total. The first kappa shape index (κ1) is 14.0. The highest BCUT2D eigenvalue weighted by atomic mass is 15.1. The second kappa shape index (κ2) is 7.29. The van der Waals surface area contributed by atoms with Crippen molar-refractivity contribution in [1.82, 2.24) is 10.2 Å². The lowest BCUT2D eigenvalue weighted by molar-refractivity contribution is 0.0832. The maximum absolute atomic E-state index is 3.63. The first-order chi connectivity index (χ1) is 7.76. The summed E-state index contributed by atoms with van der Waals surface area (Å²) in [4.78, 5) is 2.67. The molecule has 1 atom stereocenters.